The second-order valence-corrected chi connectivity index (χ2v) is 6.45. The van der Waals surface area contributed by atoms with E-state index in [0.29, 0.717) is 31.0 Å². The van der Waals surface area contributed by atoms with Crippen molar-refractivity contribution < 1.29 is 18.7 Å². The zero-order valence-corrected chi connectivity index (χ0v) is 15.5. The summed E-state index contributed by atoms with van der Waals surface area (Å²) in [5, 5.41) is 8.79. The van der Waals surface area contributed by atoms with Gasteiger partial charge in [0.1, 0.15) is 23.9 Å². The molecule has 0 radical (unpaired) electrons. The van der Waals surface area contributed by atoms with Crippen LogP contribution in [0, 0.1) is 17.1 Å². The number of piperazine rings is 1. The monoisotopic (exact) mass is 383 g/mol. The molecule has 1 aliphatic rings. The first-order valence-electron chi connectivity index (χ1n) is 9.15. The fourth-order valence-electron chi connectivity index (χ4n) is 2.91. The number of nitrogens with zero attached hydrogens (tertiary/aromatic N) is 3. The summed E-state index contributed by atoms with van der Waals surface area (Å²) in [5.41, 5.74) is 0.608. The van der Waals surface area contributed by atoms with Crippen LogP contribution in [0.5, 0.6) is 11.5 Å². The van der Waals surface area contributed by atoms with E-state index in [1.807, 2.05) is 0 Å². The van der Waals surface area contributed by atoms with E-state index in [4.69, 9.17) is 14.7 Å². The molecule has 3 rings (SSSR count). The summed E-state index contributed by atoms with van der Waals surface area (Å²) < 4.78 is 24.0. The van der Waals surface area contributed by atoms with Gasteiger partial charge in [0.2, 0.25) is 0 Å². The molecule has 0 bridgehead atoms. The van der Waals surface area contributed by atoms with Gasteiger partial charge in [-0.2, -0.15) is 5.26 Å². The second kappa shape index (κ2) is 9.72. The predicted molar refractivity (Wildman–Crippen MR) is 102 cm³/mol. The van der Waals surface area contributed by atoms with Crippen LogP contribution in [0.2, 0.25) is 0 Å². The molecule has 0 N–H and O–H groups in total. The number of halogens is 1. The van der Waals surface area contributed by atoms with E-state index in [1.165, 1.54) is 24.3 Å². The lowest BCUT2D eigenvalue weighted by Gasteiger charge is -2.34. The van der Waals surface area contributed by atoms with Crippen LogP contribution >= 0.6 is 0 Å². The molecule has 0 spiro atoms. The molecule has 6 nitrogen and oxygen atoms in total. The van der Waals surface area contributed by atoms with Crippen LogP contribution < -0.4 is 9.47 Å². The summed E-state index contributed by atoms with van der Waals surface area (Å²) in [7, 11) is 0. The Morgan fingerprint density at radius 2 is 1.57 bits per heavy atom. The molecule has 1 fully saturated rings. The summed E-state index contributed by atoms with van der Waals surface area (Å²) in [4.78, 5) is 16.3. The lowest BCUT2D eigenvalue weighted by Crippen LogP contribution is -2.50. The molecule has 28 heavy (non-hydrogen) atoms. The van der Waals surface area contributed by atoms with Crippen LogP contribution in [-0.4, -0.2) is 61.6 Å². The van der Waals surface area contributed by atoms with Gasteiger partial charge in [0.25, 0.3) is 5.91 Å². The highest BCUT2D eigenvalue weighted by Gasteiger charge is 2.21. The molecule has 1 amide bonds. The van der Waals surface area contributed by atoms with Crippen molar-refractivity contribution >= 4 is 5.91 Å². The summed E-state index contributed by atoms with van der Waals surface area (Å²) >= 11 is 0. The van der Waals surface area contributed by atoms with Crippen molar-refractivity contribution in [1.29, 1.82) is 5.26 Å². The summed E-state index contributed by atoms with van der Waals surface area (Å²) in [6.45, 7) is 4.11. The fraction of sp³-hybridized carbons (Fsp3) is 0.333. The number of ether oxygens (including phenoxy) is 2. The Bertz CT molecular complexity index is 810. The minimum absolute atomic E-state index is 0.0482. The number of nitriles is 1. The van der Waals surface area contributed by atoms with Gasteiger partial charge in [-0.1, -0.05) is 0 Å². The van der Waals surface area contributed by atoms with Crippen LogP contribution in [0.4, 0.5) is 4.39 Å². The Morgan fingerprint density at radius 3 is 2.21 bits per heavy atom. The molecule has 0 aromatic heterocycles. The number of carbonyl (C=O) groups excluding carboxylic acids is 1. The number of hydrogen-bond donors (Lipinski definition) is 0. The summed E-state index contributed by atoms with van der Waals surface area (Å²) in [6, 6.07) is 14.7. The first-order valence-corrected chi connectivity index (χ1v) is 9.15. The quantitative estimate of drug-likeness (QED) is 0.734. The standard InChI is InChI=1S/C21H22FN3O3/c22-18-3-7-20(8-4-18)28-16-21(26)25-11-9-24(10-12-25)13-14-27-19-5-1-17(15-23)2-6-19/h1-8H,9-14,16H2. The highest BCUT2D eigenvalue weighted by molar-refractivity contribution is 5.77. The smallest absolute Gasteiger partial charge is 0.260 e. The van der Waals surface area contributed by atoms with Crippen molar-refractivity contribution in [3.05, 3.63) is 59.9 Å². The fourth-order valence-corrected chi connectivity index (χ4v) is 2.91. The Morgan fingerprint density at radius 1 is 0.964 bits per heavy atom. The molecule has 0 saturated carbocycles. The minimum atomic E-state index is -0.335. The predicted octanol–water partition coefficient (Wildman–Crippen LogP) is 2.30. The van der Waals surface area contributed by atoms with Crippen molar-refractivity contribution in [2.24, 2.45) is 0 Å². The maximum absolute atomic E-state index is 12.9. The molecule has 1 heterocycles. The average Bonchev–Trinajstić information content (AvgIpc) is 2.74. The summed E-state index contributed by atoms with van der Waals surface area (Å²) in [6.07, 6.45) is 0. The maximum Gasteiger partial charge on any atom is 0.260 e. The number of rotatable bonds is 7. The molecule has 1 aliphatic heterocycles. The molecule has 0 aliphatic carbocycles. The SMILES string of the molecule is N#Cc1ccc(OCCN2CCN(C(=O)COc3ccc(F)cc3)CC2)cc1. The first kappa shape index (κ1) is 19.6. The zero-order valence-electron chi connectivity index (χ0n) is 15.5. The number of carbonyl (C=O) groups is 1. The molecule has 1 saturated heterocycles. The third kappa shape index (κ3) is 5.69. The van der Waals surface area contributed by atoms with Crippen molar-refractivity contribution in [2.45, 2.75) is 0 Å². The molecule has 7 heteroatoms. The van der Waals surface area contributed by atoms with E-state index in [0.717, 1.165) is 25.4 Å². The second-order valence-electron chi connectivity index (χ2n) is 6.45. The van der Waals surface area contributed by atoms with Gasteiger partial charge >= 0.3 is 0 Å². The van der Waals surface area contributed by atoms with E-state index >= 15 is 0 Å². The van der Waals surface area contributed by atoms with Crippen molar-refractivity contribution in [1.82, 2.24) is 9.80 Å². The van der Waals surface area contributed by atoms with E-state index in [-0.39, 0.29) is 18.3 Å². The summed E-state index contributed by atoms with van der Waals surface area (Å²) in [5.74, 6) is 0.815. The third-order valence-corrected chi connectivity index (χ3v) is 4.56. The van der Waals surface area contributed by atoms with Crippen LogP contribution in [0.3, 0.4) is 0 Å². The van der Waals surface area contributed by atoms with Crippen LogP contribution in [0.15, 0.2) is 48.5 Å². The van der Waals surface area contributed by atoms with Crippen molar-refractivity contribution in [3.63, 3.8) is 0 Å². The molecule has 2 aromatic rings. The minimum Gasteiger partial charge on any atom is -0.492 e. The van der Waals surface area contributed by atoms with Crippen molar-refractivity contribution in [2.75, 3.05) is 45.9 Å². The van der Waals surface area contributed by atoms with Crippen LogP contribution in [0.1, 0.15) is 5.56 Å². The van der Waals surface area contributed by atoms with Gasteiger partial charge < -0.3 is 14.4 Å². The van der Waals surface area contributed by atoms with Gasteiger partial charge in [-0.3, -0.25) is 9.69 Å². The van der Waals surface area contributed by atoms with Gasteiger partial charge in [-0.25, -0.2) is 4.39 Å². The normalized spacial score (nSPS) is 14.4. The van der Waals surface area contributed by atoms with Gasteiger partial charge in [-0.15, -0.1) is 0 Å². The third-order valence-electron chi connectivity index (χ3n) is 4.56. The molecule has 2 aromatic carbocycles. The number of amides is 1. The highest BCUT2D eigenvalue weighted by atomic mass is 19.1. The molecule has 0 unspecified atom stereocenters. The largest absolute Gasteiger partial charge is 0.492 e. The Kier molecular flexibility index (Phi) is 6.82. The molecule has 146 valence electrons. The Balaban J connectivity index is 1.33. The highest BCUT2D eigenvalue weighted by Crippen LogP contribution is 2.13. The topological polar surface area (TPSA) is 65.8 Å². The number of hydrogen-bond acceptors (Lipinski definition) is 5. The number of benzene rings is 2. The zero-order chi connectivity index (χ0) is 19.8. The molecule has 0 atom stereocenters. The lowest BCUT2D eigenvalue weighted by atomic mass is 10.2. The Labute approximate surface area is 163 Å². The average molecular weight is 383 g/mol. The lowest BCUT2D eigenvalue weighted by molar-refractivity contribution is -0.135. The van der Waals surface area contributed by atoms with Gasteiger partial charge in [0, 0.05) is 32.7 Å². The van der Waals surface area contributed by atoms with Crippen LogP contribution in [0.25, 0.3) is 0 Å². The van der Waals surface area contributed by atoms with Gasteiger partial charge in [0.15, 0.2) is 6.61 Å². The van der Waals surface area contributed by atoms with E-state index < -0.39 is 0 Å². The first-order chi connectivity index (χ1) is 13.6. The van der Waals surface area contributed by atoms with Crippen molar-refractivity contribution in [3.8, 4) is 17.6 Å². The van der Waals surface area contributed by atoms with Gasteiger partial charge in [-0.05, 0) is 48.5 Å². The Hall–Kier alpha value is -3.11. The van der Waals surface area contributed by atoms with E-state index in [9.17, 15) is 9.18 Å². The molecular formula is C21H22FN3O3. The van der Waals surface area contributed by atoms with E-state index in [2.05, 4.69) is 11.0 Å². The van der Waals surface area contributed by atoms with Crippen LogP contribution in [-0.2, 0) is 4.79 Å². The van der Waals surface area contributed by atoms with Gasteiger partial charge in [0.05, 0.1) is 11.6 Å². The molecular weight excluding hydrogens is 361 g/mol. The van der Waals surface area contributed by atoms with E-state index in [1.54, 1.807) is 29.2 Å². The maximum atomic E-state index is 12.9.